The average molecular weight is 399 g/mol. The van der Waals surface area contributed by atoms with Gasteiger partial charge >= 0.3 is 5.97 Å². The molecule has 0 bridgehead atoms. The molecular weight excluding hydrogens is 374 g/mol. The molecule has 3 aliphatic rings. The van der Waals surface area contributed by atoms with Crippen molar-refractivity contribution in [2.24, 2.45) is 28.4 Å². The van der Waals surface area contributed by atoms with Crippen molar-refractivity contribution in [3.63, 3.8) is 0 Å². The Bertz CT molecular complexity index is 1120. The Hall–Kier alpha value is -2.97. The van der Waals surface area contributed by atoms with E-state index >= 15 is 0 Å². The zero-order valence-electron chi connectivity index (χ0n) is 17.4. The molecule has 5 rings (SSSR count). The molecular formula is C25H25N3O2. The van der Waals surface area contributed by atoms with Gasteiger partial charge in [-0.25, -0.2) is 0 Å². The van der Waals surface area contributed by atoms with E-state index in [2.05, 4.69) is 24.9 Å². The lowest BCUT2D eigenvalue weighted by Gasteiger charge is -2.37. The van der Waals surface area contributed by atoms with E-state index in [4.69, 9.17) is 15.7 Å². The fourth-order valence-electron chi connectivity index (χ4n) is 6.29. The summed E-state index contributed by atoms with van der Waals surface area (Å²) in [5.41, 5.74) is 9.19. The topological polar surface area (TPSA) is 89.0 Å². The summed E-state index contributed by atoms with van der Waals surface area (Å²) in [5.74, 6) is 0.0911. The largest absolute Gasteiger partial charge is 0.462 e. The van der Waals surface area contributed by atoms with Gasteiger partial charge in [0, 0.05) is 23.2 Å². The van der Waals surface area contributed by atoms with Crippen LogP contribution in [0.15, 0.2) is 48.7 Å². The fraction of sp³-hybridized carbons (Fsp3) is 0.400. The third-order valence-electron chi connectivity index (χ3n) is 8.10. The lowest BCUT2D eigenvalue weighted by atomic mass is 9.72. The maximum absolute atomic E-state index is 12.6. The first-order chi connectivity index (χ1) is 14.3. The number of esters is 1. The Kier molecular flexibility index (Phi) is 3.82. The van der Waals surface area contributed by atoms with Crippen molar-refractivity contribution in [3.8, 4) is 17.2 Å². The van der Waals surface area contributed by atoms with Gasteiger partial charge in [0.15, 0.2) is 0 Å². The fourth-order valence-corrected chi connectivity index (χ4v) is 6.29. The van der Waals surface area contributed by atoms with Crippen molar-refractivity contribution in [3.05, 3.63) is 59.9 Å². The molecule has 1 aliphatic heterocycles. The van der Waals surface area contributed by atoms with Crippen LogP contribution in [-0.2, 0) is 9.53 Å². The summed E-state index contributed by atoms with van der Waals surface area (Å²) >= 11 is 0. The predicted molar refractivity (Wildman–Crippen MR) is 114 cm³/mol. The van der Waals surface area contributed by atoms with E-state index in [0.717, 1.165) is 23.2 Å². The second-order valence-corrected chi connectivity index (χ2v) is 9.37. The molecule has 1 saturated heterocycles. The van der Waals surface area contributed by atoms with E-state index in [1.165, 1.54) is 0 Å². The van der Waals surface area contributed by atoms with Gasteiger partial charge in [-0.2, -0.15) is 5.26 Å². The lowest BCUT2D eigenvalue weighted by Crippen LogP contribution is -2.52. The van der Waals surface area contributed by atoms with E-state index in [-0.39, 0.29) is 29.3 Å². The number of nitrogens with two attached hydrogens (primary N) is 1. The Morgan fingerprint density at radius 2 is 2.07 bits per heavy atom. The van der Waals surface area contributed by atoms with Gasteiger partial charge < -0.3 is 10.5 Å². The van der Waals surface area contributed by atoms with Crippen molar-refractivity contribution in [1.82, 2.24) is 4.98 Å². The normalized spacial score (nSPS) is 38.8. The predicted octanol–water partition coefficient (Wildman–Crippen LogP) is 3.94. The number of hydrogen-bond donors (Lipinski definition) is 1. The third kappa shape index (κ3) is 2.26. The minimum Gasteiger partial charge on any atom is -0.462 e. The van der Waals surface area contributed by atoms with E-state index in [9.17, 15) is 4.79 Å². The highest BCUT2D eigenvalue weighted by molar-refractivity contribution is 5.87. The molecule has 152 valence electrons. The van der Waals surface area contributed by atoms with Crippen LogP contribution in [-0.4, -0.2) is 22.6 Å². The molecule has 2 saturated carbocycles. The molecule has 6 atom stereocenters. The van der Waals surface area contributed by atoms with Crippen LogP contribution >= 0.6 is 0 Å². The van der Waals surface area contributed by atoms with Gasteiger partial charge in [0.25, 0.3) is 0 Å². The number of cyclic esters (lactones) is 1. The number of carbonyl (C=O) groups excluding carboxylic acids is 1. The number of nitriles is 1. The second-order valence-electron chi connectivity index (χ2n) is 9.37. The first kappa shape index (κ1) is 19.0. The number of rotatable bonds is 3. The Morgan fingerprint density at radius 3 is 2.77 bits per heavy atom. The Labute approximate surface area is 176 Å². The van der Waals surface area contributed by atoms with Crippen LogP contribution in [0, 0.1) is 34.0 Å². The summed E-state index contributed by atoms with van der Waals surface area (Å²) in [6.45, 7) is 6.30. The molecule has 2 N–H and O–H groups in total. The van der Waals surface area contributed by atoms with Crippen LogP contribution in [0.3, 0.4) is 0 Å². The number of aromatic nitrogens is 1. The van der Waals surface area contributed by atoms with Crippen LogP contribution in [0.2, 0.25) is 0 Å². The number of ether oxygens (including phenoxy) is 1. The van der Waals surface area contributed by atoms with Gasteiger partial charge in [0.05, 0.1) is 22.7 Å². The molecule has 5 nitrogen and oxygen atoms in total. The van der Waals surface area contributed by atoms with E-state index in [1.807, 2.05) is 55.6 Å². The molecule has 30 heavy (non-hydrogen) atoms. The number of hydrogen-bond acceptors (Lipinski definition) is 5. The second kappa shape index (κ2) is 6.02. The van der Waals surface area contributed by atoms with Crippen molar-refractivity contribution in [1.29, 1.82) is 5.26 Å². The van der Waals surface area contributed by atoms with Gasteiger partial charge in [0.2, 0.25) is 0 Å². The highest BCUT2D eigenvalue weighted by atomic mass is 16.6. The van der Waals surface area contributed by atoms with Crippen molar-refractivity contribution in [2.45, 2.75) is 38.8 Å². The summed E-state index contributed by atoms with van der Waals surface area (Å²) in [5, 5.41) is 9.10. The highest BCUT2D eigenvalue weighted by Gasteiger charge is 2.87. The lowest BCUT2D eigenvalue weighted by molar-refractivity contribution is -0.146. The molecule has 5 heteroatoms. The molecule has 1 spiro atoms. The number of carbonyl (C=O) groups is 1. The van der Waals surface area contributed by atoms with Crippen molar-refractivity contribution in [2.75, 3.05) is 0 Å². The molecule has 1 aromatic carbocycles. The van der Waals surface area contributed by atoms with Crippen molar-refractivity contribution >= 4 is 12.0 Å². The zero-order valence-corrected chi connectivity index (χ0v) is 17.4. The van der Waals surface area contributed by atoms with E-state index < -0.39 is 11.0 Å². The number of pyridine rings is 1. The monoisotopic (exact) mass is 399 g/mol. The number of nitrogens with zero attached hydrogens (tertiary/aromatic N) is 2. The molecule has 1 aromatic heterocycles. The summed E-state index contributed by atoms with van der Waals surface area (Å²) in [6, 6.07) is 13.6. The zero-order chi connectivity index (χ0) is 21.3. The maximum atomic E-state index is 12.6. The van der Waals surface area contributed by atoms with Crippen LogP contribution in [0.4, 0.5) is 0 Å². The minimum absolute atomic E-state index is 0.0123. The van der Waals surface area contributed by atoms with Gasteiger partial charge in [-0.05, 0) is 54.5 Å². The smallest absolute Gasteiger partial charge is 0.313 e. The van der Waals surface area contributed by atoms with Crippen molar-refractivity contribution < 1.29 is 9.53 Å². The van der Waals surface area contributed by atoms with Gasteiger partial charge in [0.1, 0.15) is 6.10 Å². The molecule has 2 heterocycles. The van der Waals surface area contributed by atoms with Crippen LogP contribution in [0.1, 0.15) is 38.4 Å². The van der Waals surface area contributed by atoms with E-state index in [1.54, 1.807) is 6.07 Å². The first-order valence-corrected chi connectivity index (χ1v) is 10.4. The van der Waals surface area contributed by atoms with Crippen LogP contribution in [0.25, 0.3) is 17.2 Å². The minimum atomic E-state index is -0.611. The molecule has 0 radical (unpaired) electrons. The molecule has 2 aliphatic carbocycles. The third-order valence-corrected chi connectivity index (χ3v) is 8.10. The van der Waals surface area contributed by atoms with Gasteiger partial charge in [-0.3, -0.25) is 9.78 Å². The van der Waals surface area contributed by atoms with Crippen LogP contribution in [0.5, 0.6) is 0 Å². The average Bonchev–Trinajstić information content (AvgIpc) is 3.24. The van der Waals surface area contributed by atoms with Crippen LogP contribution < -0.4 is 5.73 Å². The highest BCUT2D eigenvalue weighted by Crippen LogP contribution is 2.82. The number of benzene rings is 1. The summed E-state index contributed by atoms with van der Waals surface area (Å²) in [4.78, 5) is 17.2. The summed E-state index contributed by atoms with van der Waals surface area (Å²) < 4.78 is 5.63. The molecule has 2 aromatic rings. The first-order valence-electron chi connectivity index (χ1n) is 10.4. The van der Waals surface area contributed by atoms with E-state index in [0.29, 0.717) is 5.56 Å². The van der Waals surface area contributed by atoms with Gasteiger partial charge in [-0.15, -0.1) is 0 Å². The molecule has 0 amide bonds. The standard InChI is InChI=1S/C25H25N3O2/c1-15-21-24(22(29)30-15)14-23(24,3)16(2)25(21,27)10-9-20-8-7-19(13-28-20)18-6-4-5-17(11-18)12-26/h4-11,13,15-16,21H,14,27H2,1-3H3/b10-9+. The molecule has 3 fully saturated rings. The van der Waals surface area contributed by atoms with Gasteiger partial charge in [-0.1, -0.05) is 38.1 Å². The Balaban J connectivity index is 1.43. The summed E-state index contributed by atoms with van der Waals surface area (Å²) in [7, 11) is 0. The quantitative estimate of drug-likeness (QED) is 0.790. The maximum Gasteiger partial charge on any atom is 0.313 e. The SMILES string of the molecule is CC1OC(=O)C23CC2(C)C(C)C(N)(/C=C/c2ccc(-c4cccc(C#N)c4)cn2)C13. The molecule has 6 unspecified atom stereocenters. The Morgan fingerprint density at radius 1 is 1.27 bits per heavy atom. The summed E-state index contributed by atoms with van der Waals surface area (Å²) in [6.07, 6.45) is 6.50.